The van der Waals surface area contributed by atoms with Crippen molar-refractivity contribution in [3.8, 4) is 0 Å². The van der Waals surface area contributed by atoms with Crippen LogP contribution in [-0.4, -0.2) is 41.5 Å². The van der Waals surface area contributed by atoms with Crippen molar-refractivity contribution in [2.75, 3.05) is 0 Å². The van der Waals surface area contributed by atoms with Crippen LogP contribution in [0.25, 0.3) is 5.57 Å². The van der Waals surface area contributed by atoms with Crippen LogP contribution in [0.5, 0.6) is 0 Å². The van der Waals surface area contributed by atoms with Gasteiger partial charge in [0.1, 0.15) is 0 Å². The van der Waals surface area contributed by atoms with Crippen LogP contribution < -0.4 is 10.9 Å². The SMILES string of the molecule is CCCCCCCCc1ccc(C2(c3ccc(CCCCCCCC)cc3)C3=C(C=CC(Br)C3)c3ccc(Br)cc32)cc1.CCCCCCc1cc(B2OC(C)(C)C(C)(C)O2)c(CCCCCC)cc1B1OC(C)(C)C(C)(C)O1. The summed E-state index contributed by atoms with van der Waals surface area (Å²) in [5.41, 5.74) is 14.7. The monoisotopic (exact) mass is 1200 g/mol. The summed E-state index contributed by atoms with van der Waals surface area (Å²) < 4.78 is 27.4. The minimum atomic E-state index is -0.358. The molecule has 2 fully saturated rings. The van der Waals surface area contributed by atoms with Crippen LogP contribution >= 0.6 is 31.9 Å². The first-order valence-corrected chi connectivity index (χ1v) is 33.4. The Balaban J connectivity index is 0.000000233. The molecule has 79 heavy (non-hydrogen) atoms. The highest BCUT2D eigenvalue weighted by atomic mass is 79.9. The molecule has 8 heteroatoms. The van der Waals surface area contributed by atoms with Crippen molar-refractivity contribution in [2.24, 2.45) is 0 Å². The lowest BCUT2D eigenvalue weighted by Gasteiger charge is -2.37. The topological polar surface area (TPSA) is 36.9 Å². The summed E-state index contributed by atoms with van der Waals surface area (Å²) in [7, 11) is -0.698. The van der Waals surface area contributed by atoms with Crippen molar-refractivity contribution >= 4 is 62.6 Å². The first-order valence-electron chi connectivity index (χ1n) is 31.7. The fourth-order valence-corrected chi connectivity index (χ4v) is 13.3. The molecule has 4 aromatic rings. The van der Waals surface area contributed by atoms with Gasteiger partial charge in [-0.3, -0.25) is 0 Å². The van der Waals surface area contributed by atoms with Crippen LogP contribution in [0, 0.1) is 0 Å². The van der Waals surface area contributed by atoms with E-state index in [0.29, 0.717) is 4.83 Å². The fraction of sp³-hybridized carbons (Fsp3) is 0.606. The van der Waals surface area contributed by atoms with E-state index in [1.807, 2.05) is 0 Å². The van der Waals surface area contributed by atoms with E-state index in [-0.39, 0.29) is 42.1 Å². The van der Waals surface area contributed by atoms with Gasteiger partial charge in [0.25, 0.3) is 0 Å². The maximum Gasteiger partial charge on any atom is 0.495 e. The number of hydrogen-bond donors (Lipinski definition) is 0. The molecule has 2 aliphatic heterocycles. The summed E-state index contributed by atoms with van der Waals surface area (Å²) in [6.45, 7) is 26.2. The molecule has 8 rings (SSSR count). The summed E-state index contributed by atoms with van der Waals surface area (Å²) >= 11 is 7.83. The fourth-order valence-electron chi connectivity index (χ4n) is 12.4. The van der Waals surface area contributed by atoms with Gasteiger partial charge in [0.15, 0.2) is 0 Å². The maximum atomic E-state index is 6.56. The van der Waals surface area contributed by atoms with Gasteiger partial charge in [-0.05, 0) is 192 Å². The van der Waals surface area contributed by atoms with Gasteiger partial charge >= 0.3 is 14.2 Å². The van der Waals surface area contributed by atoms with Gasteiger partial charge in [-0.1, -0.05) is 241 Å². The van der Waals surface area contributed by atoms with E-state index in [1.165, 1.54) is 208 Å². The van der Waals surface area contributed by atoms with E-state index >= 15 is 0 Å². The van der Waals surface area contributed by atoms with Crippen molar-refractivity contribution in [2.45, 2.75) is 276 Å². The van der Waals surface area contributed by atoms with Crippen molar-refractivity contribution in [1.29, 1.82) is 0 Å². The third kappa shape index (κ3) is 15.5. The van der Waals surface area contributed by atoms with Gasteiger partial charge in [-0.25, -0.2) is 0 Å². The highest BCUT2D eigenvalue weighted by Crippen LogP contribution is 2.58. The number of unbranched alkanes of at least 4 members (excludes halogenated alkanes) is 16. The van der Waals surface area contributed by atoms with Crippen LogP contribution in [-0.2, 0) is 49.7 Å². The lowest BCUT2D eigenvalue weighted by molar-refractivity contribution is 0.00578. The van der Waals surface area contributed by atoms with Gasteiger partial charge in [-0.2, -0.15) is 0 Å². The quantitative estimate of drug-likeness (QED) is 0.0323. The van der Waals surface area contributed by atoms with E-state index in [9.17, 15) is 0 Å². The zero-order chi connectivity index (χ0) is 56.9. The summed E-state index contributed by atoms with van der Waals surface area (Å²) in [5, 5.41) is 0. The van der Waals surface area contributed by atoms with Crippen LogP contribution in [0.15, 0.2) is 101 Å². The number of allylic oxidation sites excluding steroid dienone is 4. The van der Waals surface area contributed by atoms with Crippen molar-refractivity contribution in [3.05, 3.63) is 146 Å². The van der Waals surface area contributed by atoms with Crippen molar-refractivity contribution < 1.29 is 18.6 Å². The molecule has 1 unspecified atom stereocenters. The number of fused-ring (bicyclic) bond motifs is 2. The van der Waals surface area contributed by atoms with Crippen LogP contribution in [0.4, 0.5) is 0 Å². The number of benzene rings is 4. The average Bonchev–Trinajstić information content (AvgIpc) is 3.71. The number of alkyl halides is 1. The highest BCUT2D eigenvalue weighted by molar-refractivity contribution is 9.10. The summed E-state index contributed by atoms with van der Waals surface area (Å²) in [4.78, 5) is 0.349. The average molecular weight is 1200 g/mol. The second kappa shape index (κ2) is 29.2. The first kappa shape index (κ1) is 63.9. The Morgan fingerprint density at radius 1 is 0.456 bits per heavy atom. The molecule has 0 N–H and O–H groups in total. The minimum absolute atomic E-state index is 0.289. The highest BCUT2D eigenvalue weighted by Gasteiger charge is 2.55. The van der Waals surface area contributed by atoms with Gasteiger partial charge in [0.05, 0.1) is 27.8 Å². The second-order valence-electron chi connectivity index (χ2n) is 25.9. The van der Waals surface area contributed by atoms with E-state index in [1.54, 1.807) is 0 Å². The molecule has 0 radical (unpaired) electrons. The molecular weight excluding hydrogens is 1100 g/mol. The lowest BCUT2D eigenvalue weighted by Crippen LogP contribution is -2.43. The predicted molar refractivity (Wildman–Crippen MR) is 348 cm³/mol. The second-order valence-corrected chi connectivity index (χ2v) is 28.0. The minimum Gasteiger partial charge on any atom is -0.399 e. The third-order valence-electron chi connectivity index (χ3n) is 18.8. The number of halogens is 2. The Kier molecular flexibility index (Phi) is 23.6. The normalized spacial score (nSPS) is 19.2. The summed E-state index contributed by atoms with van der Waals surface area (Å²) in [6.07, 6.45) is 36.0. The van der Waals surface area contributed by atoms with Crippen molar-refractivity contribution in [1.82, 2.24) is 0 Å². The molecule has 1 atom stereocenters. The van der Waals surface area contributed by atoms with E-state index in [4.69, 9.17) is 18.6 Å². The molecular formula is C71H102B2Br2O4. The molecule has 2 saturated heterocycles. The molecule has 430 valence electrons. The molecule has 0 amide bonds. The van der Waals surface area contributed by atoms with Gasteiger partial charge < -0.3 is 18.6 Å². The Labute approximate surface area is 499 Å². The lowest BCUT2D eigenvalue weighted by atomic mass is 9.65. The molecule has 4 aromatic carbocycles. The van der Waals surface area contributed by atoms with E-state index in [0.717, 1.165) is 23.7 Å². The Hall–Kier alpha value is -2.71. The van der Waals surface area contributed by atoms with Gasteiger partial charge in [-0.15, -0.1) is 0 Å². The Morgan fingerprint density at radius 2 is 0.823 bits per heavy atom. The molecule has 2 aliphatic carbocycles. The van der Waals surface area contributed by atoms with Crippen molar-refractivity contribution in [3.63, 3.8) is 0 Å². The summed E-state index contributed by atoms with van der Waals surface area (Å²) in [5.74, 6) is 0. The van der Waals surface area contributed by atoms with Crippen LogP contribution in [0.3, 0.4) is 0 Å². The third-order valence-corrected chi connectivity index (χ3v) is 19.9. The van der Waals surface area contributed by atoms with Gasteiger partial charge in [0.2, 0.25) is 0 Å². The Bertz CT molecular complexity index is 2450. The molecule has 0 saturated carbocycles. The van der Waals surface area contributed by atoms with E-state index < -0.39 is 0 Å². The zero-order valence-electron chi connectivity index (χ0n) is 51.5. The summed E-state index contributed by atoms with van der Waals surface area (Å²) in [6, 6.07) is 31.1. The smallest absolute Gasteiger partial charge is 0.399 e. The number of aryl methyl sites for hydroxylation is 4. The zero-order valence-corrected chi connectivity index (χ0v) is 54.6. The molecule has 2 heterocycles. The molecule has 4 aliphatic rings. The Morgan fingerprint density at radius 3 is 1.23 bits per heavy atom. The van der Waals surface area contributed by atoms with Crippen LogP contribution in [0.1, 0.15) is 262 Å². The molecule has 0 bridgehead atoms. The molecule has 0 spiro atoms. The largest absolute Gasteiger partial charge is 0.495 e. The van der Waals surface area contributed by atoms with Crippen LogP contribution in [0.2, 0.25) is 0 Å². The van der Waals surface area contributed by atoms with Gasteiger partial charge in [0, 0.05) is 9.30 Å². The van der Waals surface area contributed by atoms with E-state index in [2.05, 4.69) is 206 Å². The molecule has 4 nitrogen and oxygen atoms in total. The standard InChI is InChI=1S/C41H50Br2.C30H52B2O4/c1-3-5-7-9-11-13-15-31-17-21-33(22-18-31)41(34-23-19-32(20-24-34)16-14-12-10-8-6-4-2)39-29-35(42)25-27-37(39)38-28-26-36(43)30-40(38)41;1-11-13-15-17-19-23-21-26(32-35-29(7,8)30(9,10)36-32)24(20-18-16-14-12-2)22-25(23)31-33-27(3,4)28(5,6)34-31/h17-29,36H,3-16,30H2,1-2H3;21-22H,11-20H2,1-10H3. The molecule has 0 aromatic heterocycles. The predicted octanol–water partition coefficient (Wildman–Crippen LogP) is 19.6. The first-order chi connectivity index (χ1) is 37.8. The number of hydrogen-bond acceptors (Lipinski definition) is 4. The maximum absolute atomic E-state index is 6.56. The number of rotatable bonds is 28.